The van der Waals surface area contributed by atoms with Gasteiger partial charge in [-0.25, -0.2) is 0 Å². The number of carbonyl (C=O) groups is 1. The van der Waals surface area contributed by atoms with Crippen LogP contribution in [0, 0.1) is 0 Å². The number of unbranched alkanes of at least 4 members (excludes halogenated alkanes) is 2. The number of fused-ring (bicyclic) bond motifs is 3. The Morgan fingerprint density at radius 1 is 0.625 bits per heavy atom. The van der Waals surface area contributed by atoms with Gasteiger partial charge >= 0.3 is 5.97 Å². The molecule has 0 unspecified atom stereocenters. The van der Waals surface area contributed by atoms with Crippen molar-refractivity contribution in [3.05, 3.63) is 77.9 Å². The number of esters is 1. The molecule has 0 heterocycles. The zero-order valence-electron chi connectivity index (χ0n) is 29.8. The van der Waals surface area contributed by atoms with Gasteiger partial charge in [0.05, 0.1) is 33.0 Å². The van der Waals surface area contributed by atoms with Crippen molar-refractivity contribution in [2.24, 2.45) is 0 Å². The Hall–Kier alpha value is -3.23. The summed E-state index contributed by atoms with van der Waals surface area (Å²) in [6.45, 7) is 10.2. The fraction of sp³-hybridized carbons (Fsp3) is 0.537. The first-order valence-electron chi connectivity index (χ1n) is 17.6. The summed E-state index contributed by atoms with van der Waals surface area (Å²) in [6, 6.07) is 24.3. The van der Waals surface area contributed by atoms with Crippen molar-refractivity contribution in [1.82, 2.24) is 0 Å². The first-order valence-corrected chi connectivity index (χ1v) is 17.6. The monoisotopic (exact) mass is 660 g/mol. The van der Waals surface area contributed by atoms with Crippen molar-refractivity contribution in [2.75, 3.05) is 60.5 Å². The van der Waals surface area contributed by atoms with Crippen LogP contribution in [-0.2, 0) is 33.9 Å². The predicted octanol–water partition coefficient (Wildman–Crippen LogP) is 8.79. The molecule has 0 saturated heterocycles. The number of hydrogen-bond donors (Lipinski definition) is 0. The third-order valence-electron chi connectivity index (χ3n) is 8.82. The van der Waals surface area contributed by atoms with Crippen LogP contribution in [0.2, 0.25) is 0 Å². The molecule has 0 aromatic heterocycles. The summed E-state index contributed by atoms with van der Waals surface area (Å²) in [4.78, 5) is 11.9. The van der Waals surface area contributed by atoms with Gasteiger partial charge in [-0.3, -0.25) is 4.79 Å². The Balaban J connectivity index is 1.44. The molecular weight excluding hydrogens is 604 g/mol. The lowest BCUT2D eigenvalue weighted by Gasteiger charge is -2.33. The van der Waals surface area contributed by atoms with E-state index >= 15 is 0 Å². The van der Waals surface area contributed by atoms with E-state index in [9.17, 15) is 4.79 Å². The van der Waals surface area contributed by atoms with Gasteiger partial charge in [-0.15, -0.1) is 0 Å². The fourth-order valence-corrected chi connectivity index (χ4v) is 6.61. The van der Waals surface area contributed by atoms with E-state index in [0.717, 1.165) is 56.3 Å². The first-order chi connectivity index (χ1) is 23.3. The zero-order valence-corrected chi connectivity index (χ0v) is 29.8. The molecule has 0 amide bonds. The molecule has 0 fully saturated rings. The number of methoxy groups -OCH3 is 2. The van der Waals surface area contributed by atoms with Crippen molar-refractivity contribution in [2.45, 2.75) is 83.2 Å². The van der Waals surface area contributed by atoms with E-state index in [1.807, 2.05) is 20.8 Å². The zero-order chi connectivity index (χ0) is 34.2. The molecule has 0 atom stereocenters. The molecule has 7 nitrogen and oxygen atoms in total. The molecule has 1 aliphatic carbocycles. The van der Waals surface area contributed by atoms with Crippen LogP contribution < -0.4 is 4.74 Å². The van der Waals surface area contributed by atoms with Gasteiger partial charge in [-0.1, -0.05) is 48.5 Å². The molecule has 0 N–H and O–H groups in total. The summed E-state index contributed by atoms with van der Waals surface area (Å²) in [7, 11) is 3.41. The molecule has 1 aliphatic rings. The van der Waals surface area contributed by atoms with Crippen molar-refractivity contribution in [3.8, 4) is 28.0 Å². The van der Waals surface area contributed by atoms with Crippen LogP contribution >= 0.6 is 0 Å². The lowest BCUT2D eigenvalue weighted by atomic mass is 9.71. The van der Waals surface area contributed by atoms with E-state index in [4.69, 9.17) is 28.4 Å². The average Bonchev–Trinajstić information content (AvgIpc) is 3.34. The SMILES string of the molecule is COCCOCCCC1(CCCOCCOC)c2ccccc2-c2ccc(-c3ccc(OCCCCCC(=O)OC(C)(C)C)cc3)cc21. The smallest absolute Gasteiger partial charge is 0.306 e. The van der Waals surface area contributed by atoms with Crippen molar-refractivity contribution >= 4 is 5.97 Å². The molecule has 48 heavy (non-hydrogen) atoms. The summed E-state index contributed by atoms with van der Waals surface area (Å²) < 4.78 is 33.6. The molecule has 7 heteroatoms. The Kier molecular flexibility index (Phi) is 14.9. The van der Waals surface area contributed by atoms with Gasteiger partial charge in [-0.05, 0) is 117 Å². The van der Waals surface area contributed by atoms with Crippen LogP contribution in [0.4, 0.5) is 0 Å². The topological polar surface area (TPSA) is 72.5 Å². The Bertz CT molecular complexity index is 1380. The molecule has 0 spiro atoms. The van der Waals surface area contributed by atoms with E-state index in [2.05, 4.69) is 66.7 Å². The van der Waals surface area contributed by atoms with Gasteiger partial charge in [0.15, 0.2) is 0 Å². The first kappa shape index (κ1) is 37.6. The molecule has 0 aliphatic heterocycles. The molecule has 0 saturated carbocycles. The van der Waals surface area contributed by atoms with Crippen molar-refractivity contribution < 1.29 is 33.2 Å². The van der Waals surface area contributed by atoms with Crippen LogP contribution in [0.15, 0.2) is 66.7 Å². The maximum absolute atomic E-state index is 11.9. The summed E-state index contributed by atoms with van der Waals surface area (Å²) >= 11 is 0. The lowest BCUT2D eigenvalue weighted by molar-refractivity contribution is -0.154. The van der Waals surface area contributed by atoms with E-state index in [-0.39, 0.29) is 11.4 Å². The van der Waals surface area contributed by atoms with Gasteiger partial charge in [0.2, 0.25) is 0 Å². The number of benzene rings is 3. The highest BCUT2D eigenvalue weighted by molar-refractivity contribution is 5.84. The van der Waals surface area contributed by atoms with Gasteiger partial charge in [0.1, 0.15) is 11.4 Å². The van der Waals surface area contributed by atoms with Gasteiger partial charge < -0.3 is 28.4 Å². The molecule has 0 radical (unpaired) electrons. The van der Waals surface area contributed by atoms with Crippen LogP contribution in [0.3, 0.4) is 0 Å². The minimum absolute atomic E-state index is 0.121. The molecule has 3 aromatic rings. The minimum atomic E-state index is -0.431. The summed E-state index contributed by atoms with van der Waals surface area (Å²) in [6.07, 6.45) is 6.98. The molecule has 4 rings (SSSR count). The highest BCUT2D eigenvalue weighted by Crippen LogP contribution is 2.54. The standard InChI is InChI=1S/C41H56O7/c1-40(2,3)48-39(42)15-7-6-10-26-47-34-19-16-32(17-20-34)33-18-21-36-35-13-8-9-14-37(35)41(38(36)31-33,22-11-24-45-29-27-43-4)23-12-25-46-30-28-44-5/h8-9,13-14,16-21,31H,6-7,10-12,15,22-30H2,1-5H3. The van der Waals surface area contributed by atoms with Gasteiger partial charge in [0, 0.05) is 39.3 Å². The van der Waals surface area contributed by atoms with Crippen LogP contribution in [0.25, 0.3) is 22.3 Å². The average molecular weight is 661 g/mol. The largest absolute Gasteiger partial charge is 0.494 e. The summed E-state index contributed by atoms with van der Waals surface area (Å²) in [5.41, 5.74) is 7.26. The van der Waals surface area contributed by atoms with Crippen LogP contribution in [0.5, 0.6) is 5.75 Å². The third-order valence-corrected chi connectivity index (χ3v) is 8.82. The van der Waals surface area contributed by atoms with Crippen LogP contribution in [0.1, 0.15) is 83.3 Å². The maximum atomic E-state index is 11.9. The predicted molar refractivity (Wildman–Crippen MR) is 192 cm³/mol. The van der Waals surface area contributed by atoms with Crippen molar-refractivity contribution in [1.29, 1.82) is 0 Å². The Labute approximate surface area is 288 Å². The van der Waals surface area contributed by atoms with Gasteiger partial charge in [-0.2, -0.15) is 0 Å². The summed E-state index contributed by atoms with van der Waals surface area (Å²) in [5, 5.41) is 0. The van der Waals surface area contributed by atoms with E-state index in [1.54, 1.807) is 14.2 Å². The third kappa shape index (κ3) is 10.9. The highest BCUT2D eigenvalue weighted by atomic mass is 16.6. The Morgan fingerprint density at radius 2 is 1.25 bits per heavy atom. The normalized spacial score (nSPS) is 13.3. The van der Waals surface area contributed by atoms with Crippen LogP contribution in [-0.4, -0.2) is 72.0 Å². The molecule has 262 valence electrons. The quantitative estimate of drug-likeness (QED) is 0.0788. The number of hydrogen-bond acceptors (Lipinski definition) is 7. The lowest BCUT2D eigenvalue weighted by Crippen LogP contribution is -2.27. The second-order valence-electron chi connectivity index (χ2n) is 13.6. The summed E-state index contributed by atoms with van der Waals surface area (Å²) in [5.74, 6) is 0.723. The second-order valence-corrected chi connectivity index (χ2v) is 13.6. The maximum Gasteiger partial charge on any atom is 0.306 e. The van der Waals surface area contributed by atoms with E-state index < -0.39 is 5.60 Å². The molecule has 3 aromatic carbocycles. The van der Waals surface area contributed by atoms with Gasteiger partial charge in [0.25, 0.3) is 0 Å². The second kappa shape index (κ2) is 19.1. The molecular formula is C41H56O7. The number of ether oxygens (including phenoxy) is 6. The van der Waals surface area contributed by atoms with E-state index in [0.29, 0.717) is 52.7 Å². The Morgan fingerprint density at radius 3 is 1.90 bits per heavy atom. The number of rotatable bonds is 22. The van der Waals surface area contributed by atoms with Crippen molar-refractivity contribution in [3.63, 3.8) is 0 Å². The minimum Gasteiger partial charge on any atom is -0.494 e. The van der Waals surface area contributed by atoms with E-state index in [1.165, 1.54) is 27.8 Å². The molecule has 0 bridgehead atoms. The highest BCUT2D eigenvalue weighted by Gasteiger charge is 2.42. The number of carbonyl (C=O) groups excluding carboxylic acids is 1. The fourth-order valence-electron chi connectivity index (χ4n) is 6.61.